The van der Waals surface area contributed by atoms with E-state index >= 15 is 0 Å². The number of nitrogens with zero attached hydrogens (tertiary/aromatic N) is 1. The predicted molar refractivity (Wildman–Crippen MR) is 96.2 cm³/mol. The van der Waals surface area contributed by atoms with Crippen LogP contribution < -0.4 is 10.6 Å². The van der Waals surface area contributed by atoms with E-state index in [1.54, 1.807) is 29.7 Å². The highest BCUT2D eigenvalue weighted by Crippen LogP contribution is 2.22. The van der Waals surface area contributed by atoms with E-state index in [1.807, 2.05) is 36.6 Å². The first-order chi connectivity index (χ1) is 11.1. The second-order valence-electron chi connectivity index (χ2n) is 4.86. The van der Waals surface area contributed by atoms with E-state index in [1.165, 1.54) is 0 Å². The van der Waals surface area contributed by atoms with Crippen molar-refractivity contribution in [1.29, 1.82) is 0 Å². The highest BCUT2D eigenvalue weighted by molar-refractivity contribution is 7.71. The van der Waals surface area contributed by atoms with Crippen molar-refractivity contribution in [3.8, 4) is 0 Å². The summed E-state index contributed by atoms with van der Waals surface area (Å²) in [6.07, 6.45) is 1.69. The SMILES string of the molecule is Cc1csc(Nc2ccc(NC(=O)c3ccc[nH]c3=S)cc2)n1. The molecule has 0 unspecified atom stereocenters. The van der Waals surface area contributed by atoms with Crippen LogP contribution in [-0.2, 0) is 0 Å². The van der Waals surface area contributed by atoms with Gasteiger partial charge < -0.3 is 15.6 Å². The van der Waals surface area contributed by atoms with Gasteiger partial charge in [0.2, 0.25) is 0 Å². The molecular formula is C16H14N4OS2. The van der Waals surface area contributed by atoms with Crippen molar-refractivity contribution in [2.24, 2.45) is 0 Å². The lowest BCUT2D eigenvalue weighted by molar-refractivity contribution is 0.102. The molecule has 0 saturated heterocycles. The third kappa shape index (κ3) is 3.82. The van der Waals surface area contributed by atoms with Crippen molar-refractivity contribution in [2.75, 3.05) is 10.6 Å². The molecule has 0 atom stereocenters. The predicted octanol–water partition coefficient (Wildman–Crippen LogP) is 4.51. The maximum Gasteiger partial charge on any atom is 0.258 e. The maximum atomic E-state index is 12.2. The van der Waals surface area contributed by atoms with Gasteiger partial charge in [0.05, 0.1) is 11.3 Å². The van der Waals surface area contributed by atoms with Gasteiger partial charge in [0.15, 0.2) is 5.13 Å². The zero-order chi connectivity index (χ0) is 16.2. The van der Waals surface area contributed by atoms with Gasteiger partial charge in [-0.1, -0.05) is 12.2 Å². The molecule has 0 bridgehead atoms. The van der Waals surface area contributed by atoms with Gasteiger partial charge >= 0.3 is 0 Å². The Labute approximate surface area is 142 Å². The largest absolute Gasteiger partial charge is 0.352 e. The fraction of sp³-hybridized carbons (Fsp3) is 0.0625. The van der Waals surface area contributed by atoms with Crippen LogP contribution >= 0.6 is 23.6 Å². The Morgan fingerprint density at radius 3 is 2.61 bits per heavy atom. The molecule has 2 heterocycles. The summed E-state index contributed by atoms with van der Waals surface area (Å²) in [6.45, 7) is 1.95. The lowest BCUT2D eigenvalue weighted by atomic mass is 10.2. The average molecular weight is 342 g/mol. The van der Waals surface area contributed by atoms with E-state index in [0.717, 1.165) is 16.5 Å². The normalized spacial score (nSPS) is 10.3. The van der Waals surface area contributed by atoms with E-state index in [9.17, 15) is 4.79 Å². The minimum absolute atomic E-state index is 0.233. The number of anilines is 3. The maximum absolute atomic E-state index is 12.2. The van der Waals surface area contributed by atoms with Gasteiger partial charge in [-0.05, 0) is 43.3 Å². The van der Waals surface area contributed by atoms with Crippen molar-refractivity contribution >= 4 is 46.0 Å². The number of nitrogens with one attached hydrogen (secondary N) is 3. The van der Waals surface area contributed by atoms with Crippen LogP contribution in [0.25, 0.3) is 0 Å². The Bertz CT molecular complexity index is 883. The first-order valence-electron chi connectivity index (χ1n) is 6.90. The molecule has 7 heteroatoms. The molecule has 0 aliphatic rings. The molecule has 0 saturated carbocycles. The molecular weight excluding hydrogens is 328 g/mol. The number of H-pyrrole nitrogens is 1. The number of hydrogen-bond acceptors (Lipinski definition) is 5. The van der Waals surface area contributed by atoms with Crippen molar-refractivity contribution < 1.29 is 4.79 Å². The van der Waals surface area contributed by atoms with Crippen LogP contribution in [0, 0.1) is 11.6 Å². The van der Waals surface area contributed by atoms with Gasteiger partial charge in [0, 0.05) is 23.0 Å². The molecule has 0 fully saturated rings. The van der Waals surface area contributed by atoms with Crippen LogP contribution in [0.2, 0.25) is 0 Å². The second-order valence-corrected chi connectivity index (χ2v) is 6.13. The van der Waals surface area contributed by atoms with Crippen LogP contribution in [-0.4, -0.2) is 15.9 Å². The van der Waals surface area contributed by atoms with E-state index < -0.39 is 0 Å². The summed E-state index contributed by atoms with van der Waals surface area (Å²) in [5.41, 5.74) is 3.05. The summed E-state index contributed by atoms with van der Waals surface area (Å²) in [7, 11) is 0. The number of aromatic amines is 1. The molecule has 3 rings (SSSR count). The van der Waals surface area contributed by atoms with Crippen LogP contribution in [0.5, 0.6) is 0 Å². The van der Waals surface area contributed by atoms with Gasteiger partial charge in [-0.3, -0.25) is 4.79 Å². The lowest BCUT2D eigenvalue weighted by Crippen LogP contribution is -2.12. The van der Waals surface area contributed by atoms with Crippen LogP contribution in [0.1, 0.15) is 16.1 Å². The van der Waals surface area contributed by atoms with Crippen LogP contribution in [0.3, 0.4) is 0 Å². The van der Waals surface area contributed by atoms with Gasteiger partial charge in [0.1, 0.15) is 4.64 Å². The molecule has 3 N–H and O–H groups in total. The quantitative estimate of drug-likeness (QED) is 0.610. The minimum Gasteiger partial charge on any atom is -0.352 e. The molecule has 0 spiro atoms. The fourth-order valence-electron chi connectivity index (χ4n) is 1.97. The number of aryl methyl sites for hydroxylation is 1. The Balaban J connectivity index is 1.69. The summed E-state index contributed by atoms with van der Waals surface area (Å²) < 4.78 is 0.419. The molecule has 1 aromatic carbocycles. The molecule has 5 nitrogen and oxygen atoms in total. The van der Waals surface area contributed by atoms with Crippen molar-refractivity contribution in [3.05, 3.63) is 63.9 Å². The van der Waals surface area contributed by atoms with E-state index in [0.29, 0.717) is 15.9 Å². The minimum atomic E-state index is -0.233. The number of thiazole rings is 1. The molecule has 2 aromatic heterocycles. The number of amides is 1. The van der Waals surface area contributed by atoms with Crippen molar-refractivity contribution in [1.82, 2.24) is 9.97 Å². The summed E-state index contributed by atoms with van der Waals surface area (Å²) in [4.78, 5) is 19.4. The van der Waals surface area contributed by atoms with Crippen LogP contribution in [0.15, 0.2) is 48.0 Å². The fourth-order valence-corrected chi connectivity index (χ4v) is 2.91. The molecule has 116 valence electrons. The first-order valence-corrected chi connectivity index (χ1v) is 8.19. The summed E-state index contributed by atoms with van der Waals surface area (Å²) >= 11 is 6.66. The zero-order valence-electron chi connectivity index (χ0n) is 12.3. The Kier molecular flexibility index (Phi) is 4.50. The Hall–Kier alpha value is -2.51. The van der Waals surface area contributed by atoms with Gasteiger partial charge in [-0.15, -0.1) is 11.3 Å². The highest BCUT2D eigenvalue weighted by atomic mass is 32.1. The summed E-state index contributed by atoms with van der Waals surface area (Å²) in [5.74, 6) is -0.233. The lowest BCUT2D eigenvalue weighted by Gasteiger charge is -2.07. The number of pyridine rings is 1. The third-order valence-corrected chi connectivity index (χ3v) is 4.29. The number of rotatable bonds is 4. The van der Waals surface area contributed by atoms with Gasteiger partial charge in [-0.2, -0.15) is 0 Å². The van der Waals surface area contributed by atoms with Crippen LogP contribution in [0.4, 0.5) is 16.5 Å². The number of hydrogen-bond donors (Lipinski definition) is 3. The molecule has 0 aliphatic heterocycles. The van der Waals surface area contributed by atoms with Gasteiger partial charge in [-0.25, -0.2) is 4.98 Å². The number of carbonyl (C=O) groups is 1. The zero-order valence-corrected chi connectivity index (χ0v) is 13.9. The van der Waals surface area contributed by atoms with Gasteiger partial charge in [0.25, 0.3) is 5.91 Å². The van der Waals surface area contributed by atoms with E-state index in [4.69, 9.17) is 12.2 Å². The molecule has 0 aliphatic carbocycles. The smallest absolute Gasteiger partial charge is 0.258 e. The summed E-state index contributed by atoms with van der Waals surface area (Å²) in [6, 6.07) is 10.9. The number of aromatic nitrogens is 2. The standard InChI is InChI=1S/C16H14N4OS2/c1-10-9-23-16(18-10)20-12-6-4-11(5-7-12)19-14(21)13-3-2-8-17-15(13)22/h2-9H,1H3,(H,17,22)(H,18,20)(H,19,21). The molecule has 3 aromatic rings. The Morgan fingerprint density at radius 1 is 1.22 bits per heavy atom. The Morgan fingerprint density at radius 2 is 1.96 bits per heavy atom. The van der Waals surface area contributed by atoms with E-state index in [-0.39, 0.29) is 5.91 Å². The first kappa shape index (κ1) is 15.4. The number of benzene rings is 1. The summed E-state index contributed by atoms with van der Waals surface area (Å²) in [5, 5.41) is 8.88. The molecule has 23 heavy (non-hydrogen) atoms. The highest BCUT2D eigenvalue weighted by Gasteiger charge is 2.08. The average Bonchev–Trinajstić information content (AvgIpc) is 2.95. The third-order valence-electron chi connectivity index (χ3n) is 3.08. The number of carbonyl (C=O) groups excluding carboxylic acids is 1. The molecule has 1 amide bonds. The van der Waals surface area contributed by atoms with E-state index in [2.05, 4.69) is 20.6 Å². The molecule has 0 radical (unpaired) electrons. The topological polar surface area (TPSA) is 69.8 Å². The monoisotopic (exact) mass is 342 g/mol. The van der Waals surface area contributed by atoms with Crippen molar-refractivity contribution in [3.63, 3.8) is 0 Å². The second kappa shape index (κ2) is 6.72. The van der Waals surface area contributed by atoms with Crippen molar-refractivity contribution in [2.45, 2.75) is 6.92 Å².